The van der Waals surface area contributed by atoms with E-state index in [1.165, 1.54) is 0 Å². The molecular weight excluding hydrogens is 264 g/mol. The third kappa shape index (κ3) is 2.89. The predicted octanol–water partition coefficient (Wildman–Crippen LogP) is 2.66. The van der Waals surface area contributed by atoms with E-state index in [-0.39, 0.29) is 11.3 Å². The van der Waals surface area contributed by atoms with Crippen LogP contribution in [-0.4, -0.2) is 20.8 Å². The van der Waals surface area contributed by atoms with E-state index in [2.05, 4.69) is 37.1 Å². The number of rotatable bonds is 2. The van der Waals surface area contributed by atoms with Crippen molar-refractivity contribution in [3.63, 3.8) is 0 Å². The van der Waals surface area contributed by atoms with Crippen LogP contribution in [0.3, 0.4) is 0 Å². The molecule has 0 saturated heterocycles. The summed E-state index contributed by atoms with van der Waals surface area (Å²) in [4.78, 5) is 17.0. The normalized spacial score (nSPS) is 12.2. The molecule has 0 aliphatic rings. The number of hydrogen-bond acceptors (Lipinski definition) is 3. The van der Waals surface area contributed by atoms with E-state index in [1.54, 1.807) is 13.8 Å². The molecule has 0 unspecified atom stereocenters. The zero-order valence-corrected chi connectivity index (χ0v) is 13.1. The van der Waals surface area contributed by atoms with Crippen molar-refractivity contribution in [3.8, 4) is 6.07 Å². The molecule has 5 nitrogen and oxygen atoms in total. The Kier molecular flexibility index (Phi) is 3.50. The number of nitriles is 1. The minimum Gasteiger partial charge on any atom is -0.333 e. The lowest BCUT2D eigenvalue weighted by molar-refractivity contribution is 0.0926. The monoisotopic (exact) mass is 284 g/mol. The molecule has 2 aromatic heterocycles. The van der Waals surface area contributed by atoms with E-state index >= 15 is 0 Å². The lowest BCUT2D eigenvalue weighted by atomic mass is 9.96. The van der Waals surface area contributed by atoms with Crippen molar-refractivity contribution in [2.75, 3.05) is 0 Å². The topological polar surface area (TPSA) is 70.2 Å². The summed E-state index contributed by atoms with van der Waals surface area (Å²) < 4.78 is 1.92. The summed E-state index contributed by atoms with van der Waals surface area (Å²) in [5, 5.41) is 11.8. The van der Waals surface area contributed by atoms with Crippen molar-refractivity contribution in [3.05, 3.63) is 35.9 Å². The summed E-state index contributed by atoms with van der Waals surface area (Å²) in [6.07, 6.45) is 1.90. The average Bonchev–Trinajstić information content (AvgIpc) is 2.77. The van der Waals surface area contributed by atoms with Gasteiger partial charge >= 0.3 is 0 Å². The van der Waals surface area contributed by atoms with Crippen LogP contribution in [0.1, 0.15) is 50.9 Å². The second-order valence-corrected chi connectivity index (χ2v) is 6.68. The molecule has 110 valence electrons. The van der Waals surface area contributed by atoms with E-state index in [0.29, 0.717) is 5.69 Å². The quantitative estimate of drug-likeness (QED) is 0.921. The van der Waals surface area contributed by atoms with Crippen LogP contribution >= 0.6 is 0 Å². The molecule has 1 N–H and O–H groups in total. The largest absolute Gasteiger partial charge is 0.333 e. The fraction of sp³-hybridized carbons (Fsp3) is 0.438. The first-order valence-electron chi connectivity index (χ1n) is 6.87. The first-order valence-corrected chi connectivity index (χ1v) is 6.87. The molecule has 0 aromatic carbocycles. The molecule has 0 spiro atoms. The molecule has 1 amide bonds. The van der Waals surface area contributed by atoms with Crippen LogP contribution < -0.4 is 5.32 Å². The molecule has 0 atom stereocenters. The maximum atomic E-state index is 12.4. The van der Waals surface area contributed by atoms with Gasteiger partial charge in [-0.25, -0.2) is 4.98 Å². The number of aromatic nitrogens is 2. The van der Waals surface area contributed by atoms with Gasteiger partial charge in [-0.1, -0.05) is 26.8 Å². The summed E-state index contributed by atoms with van der Waals surface area (Å²) in [5.74, 6) is 0.485. The van der Waals surface area contributed by atoms with E-state index in [4.69, 9.17) is 5.26 Å². The summed E-state index contributed by atoms with van der Waals surface area (Å²) in [6.45, 7) is 9.47. The highest BCUT2D eigenvalue weighted by Gasteiger charge is 2.27. The third-order valence-corrected chi connectivity index (χ3v) is 3.14. The van der Waals surface area contributed by atoms with E-state index < -0.39 is 5.54 Å². The first-order chi connectivity index (χ1) is 9.65. The number of carbonyl (C=O) groups is 1. The summed E-state index contributed by atoms with van der Waals surface area (Å²) in [7, 11) is 0. The minimum atomic E-state index is -0.927. The Bertz CT molecular complexity index is 729. The van der Waals surface area contributed by atoms with Gasteiger partial charge < -0.3 is 9.72 Å². The Labute approximate surface area is 124 Å². The molecule has 21 heavy (non-hydrogen) atoms. The van der Waals surface area contributed by atoms with Crippen molar-refractivity contribution >= 4 is 11.4 Å². The van der Waals surface area contributed by atoms with Crippen LogP contribution in [0.4, 0.5) is 0 Å². The van der Waals surface area contributed by atoms with Gasteiger partial charge in [0.05, 0.1) is 11.6 Å². The number of pyridine rings is 1. The van der Waals surface area contributed by atoms with Gasteiger partial charge in [0.1, 0.15) is 11.4 Å². The second kappa shape index (κ2) is 4.88. The fourth-order valence-electron chi connectivity index (χ4n) is 2.10. The maximum absolute atomic E-state index is 12.4. The number of imidazole rings is 1. The molecule has 2 heterocycles. The van der Waals surface area contributed by atoms with Gasteiger partial charge in [0.25, 0.3) is 5.91 Å². The number of carbonyl (C=O) groups excluding carboxylic acids is 1. The highest BCUT2D eigenvalue weighted by molar-refractivity contribution is 5.99. The number of hydrogen-bond donors (Lipinski definition) is 1. The van der Waals surface area contributed by atoms with E-state index in [9.17, 15) is 4.79 Å². The SMILES string of the molecule is CC(C)(C#N)NC(=O)c1nc(C(C)(C)C)n2ccccc12. The van der Waals surface area contributed by atoms with Crippen LogP contribution in [-0.2, 0) is 5.41 Å². The van der Waals surface area contributed by atoms with Crippen molar-refractivity contribution in [1.29, 1.82) is 5.26 Å². The van der Waals surface area contributed by atoms with E-state index in [0.717, 1.165) is 11.3 Å². The van der Waals surface area contributed by atoms with Crippen LogP contribution in [0.5, 0.6) is 0 Å². The lowest BCUT2D eigenvalue weighted by Gasteiger charge is -2.17. The third-order valence-electron chi connectivity index (χ3n) is 3.14. The fourth-order valence-corrected chi connectivity index (χ4v) is 2.10. The lowest BCUT2D eigenvalue weighted by Crippen LogP contribution is -2.42. The maximum Gasteiger partial charge on any atom is 0.273 e. The highest BCUT2D eigenvalue weighted by Crippen LogP contribution is 2.24. The van der Waals surface area contributed by atoms with Crippen molar-refractivity contribution < 1.29 is 4.79 Å². The van der Waals surface area contributed by atoms with Crippen LogP contribution in [0.2, 0.25) is 0 Å². The highest BCUT2D eigenvalue weighted by atomic mass is 16.2. The molecule has 0 aliphatic heterocycles. The molecule has 0 saturated carbocycles. The number of nitrogens with one attached hydrogen (secondary N) is 1. The van der Waals surface area contributed by atoms with Crippen LogP contribution in [0.15, 0.2) is 24.4 Å². The molecule has 2 rings (SSSR count). The molecule has 0 bridgehead atoms. The minimum absolute atomic E-state index is 0.187. The molecule has 5 heteroatoms. The van der Waals surface area contributed by atoms with Gasteiger partial charge in [0.15, 0.2) is 5.69 Å². The molecular formula is C16H20N4O. The molecule has 0 fully saturated rings. The molecule has 0 aliphatic carbocycles. The Morgan fingerprint density at radius 3 is 2.52 bits per heavy atom. The van der Waals surface area contributed by atoms with Gasteiger partial charge in [-0.05, 0) is 26.0 Å². The van der Waals surface area contributed by atoms with Gasteiger partial charge in [0.2, 0.25) is 0 Å². The second-order valence-electron chi connectivity index (χ2n) is 6.68. The van der Waals surface area contributed by atoms with Gasteiger partial charge in [0, 0.05) is 11.6 Å². The average molecular weight is 284 g/mol. The Morgan fingerprint density at radius 2 is 1.95 bits per heavy atom. The molecule has 0 radical (unpaired) electrons. The Hall–Kier alpha value is -2.35. The van der Waals surface area contributed by atoms with Crippen molar-refractivity contribution in [2.24, 2.45) is 0 Å². The summed E-state index contributed by atoms with van der Waals surface area (Å²) >= 11 is 0. The summed E-state index contributed by atoms with van der Waals surface area (Å²) in [5.41, 5.74) is -0.0189. The van der Waals surface area contributed by atoms with Crippen molar-refractivity contribution in [2.45, 2.75) is 45.6 Å². The first kappa shape index (κ1) is 15.0. The standard InChI is InChI=1S/C16H20N4O/c1-15(2,3)14-18-12(11-8-6-7-9-20(11)14)13(21)19-16(4,5)10-17/h6-9H,1-5H3,(H,19,21). The Balaban J connectivity index is 2.56. The van der Waals surface area contributed by atoms with Gasteiger partial charge in [-0.3, -0.25) is 4.79 Å². The number of fused-ring (bicyclic) bond motifs is 1. The predicted molar refractivity (Wildman–Crippen MR) is 81.1 cm³/mol. The zero-order valence-electron chi connectivity index (χ0n) is 13.1. The Morgan fingerprint density at radius 1 is 1.29 bits per heavy atom. The zero-order chi connectivity index (χ0) is 15.8. The van der Waals surface area contributed by atoms with Gasteiger partial charge in [-0.2, -0.15) is 5.26 Å². The summed E-state index contributed by atoms with van der Waals surface area (Å²) in [6, 6.07) is 7.70. The number of nitrogens with zero attached hydrogens (tertiary/aromatic N) is 3. The smallest absolute Gasteiger partial charge is 0.273 e. The van der Waals surface area contributed by atoms with Gasteiger partial charge in [-0.15, -0.1) is 0 Å². The molecule has 2 aromatic rings. The number of amides is 1. The van der Waals surface area contributed by atoms with E-state index in [1.807, 2.05) is 28.8 Å². The van der Waals surface area contributed by atoms with Crippen LogP contribution in [0.25, 0.3) is 5.52 Å². The van der Waals surface area contributed by atoms with Crippen molar-refractivity contribution in [1.82, 2.24) is 14.7 Å². The van der Waals surface area contributed by atoms with Crippen LogP contribution in [0, 0.1) is 11.3 Å².